The average Bonchev–Trinajstić information content (AvgIpc) is 2.94. The smallest absolute Gasteiger partial charge is 0.254 e. The van der Waals surface area contributed by atoms with Crippen LogP contribution in [0.3, 0.4) is 0 Å². The molecule has 0 saturated heterocycles. The van der Waals surface area contributed by atoms with Crippen molar-refractivity contribution in [3.63, 3.8) is 0 Å². The number of amides is 1. The minimum absolute atomic E-state index is 0.0388. The Morgan fingerprint density at radius 2 is 2.05 bits per heavy atom. The molecule has 1 aromatic heterocycles. The van der Waals surface area contributed by atoms with Gasteiger partial charge in [0.1, 0.15) is 6.33 Å². The maximum absolute atomic E-state index is 12.4. The molecule has 1 amide bonds. The number of carbonyl (C=O) groups is 1. The van der Waals surface area contributed by atoms with E-state index in [2.05, 4.69) is 15.5 Å². The highest BCUT2D eigenvalue weighted by atomic mass is 16.2. The second-order valence-corrected chi connectivity index (χ2v) is 4.49. The molecule has 1 N–H and O–H groups in total. The second kappa shape index (κ2) is 4.72. The number of nitrogens with one attached hydrogen (secondary N) is 1. The molecule has 0 radical (unpaired) electrons. The number of hydrogen-bond acceptors (Lipinski definition) is 4. The molecule has 2 aromatic rings. The van der Waals surface area contributed by atoms with Crippen LogP contribution in [-0.2, 0) is 13.1 Å². The Hall–Kier alpha value is -2.37. The standard InChI is InChI=1S/C13H15N5O/c1-14-11-4-2-10(3-5-11)13(19)17-6-7-18-9-15-16-12(18)8-17/h2-5,9,14H,6-8H2,1H3. The second-order valence-electron chi connectivity index (χ2n) is 4.49. The first kappa shape index (κ1) is 11.7. The third-order valence-corrected chi connectivity index (χ3v) is 3.35. The summed E-state index contributed by atoms with van der Waals surface area (Å²) in [7, 11) is 1.86. The van der Waals surface area contributed by atoms with E-state index in [4.69, 9.17) is 0 Å². The topological polar surface area (TPSA) is 63.1 Å². The molecule has 0 spiro atoms. The van der Waals surface area contributed by atoms with Gasteiger partial charge in [0.2, 0.25) is 0 Å². The Morgan fingerprint density at radius 3 is 2.79 bits per heavy atom. The first-order valence-corrected chi connectivity index (χ1v) is 6.21. The van der Waals surface area contributed by atoms with Crippen molar-refractivity contribution in [1.29, 1.82) is 0 Å². The Bertz CT molecular complexity index is 589. The van der Waals surface area contributed by atoms with Crippen molar-refractivity contribution >= 4 is 11.6 Å². The molecule has 1 aliphatic heterocycles. The quantitative estimate of drug-likeness (QED) is 0.871. The predicted molar refractivity (Wildman–Crippen MR) is 70.8 cm³/mol. The minimum atomic E-state index is 0.0388. The zero-order valence-corrected chi connectivity index (χ0v) is 10.7. The molecule has 1 aromatic carbocycles. The number of fused-ring (bicyclic) bond motifs is 1. The lowest BCUT2D eigenvalue weighted by Crippen LogP contribution is -2.38. The minimum Gasteiger partial charge on any atom is -0.388 e. The van der Waals surface area contributed by atoms with E-state index in [-0.39, 0.29) is 5.91 Å². The van der Waals surface area contributed by atoms with Gasteiger partial charge in [-0.15, -0.1) is 10.2 Å². The van der Waals surface area contributed by atoms with Gasteiger partial charge in [-0.25, -0.2) is 0 Å². The summed E-state index contributed by atoms with van der Waals surface area (Å²) in [5.41, 5.74) is 1.70. The van der Waals surface area contributed by atoms with E-state index in [1.807, 2.05) is 35.9 Å². The lowest BCUT2D eigenvalue weighted by Gasteiger charge is -2.27. The zero-order valence-electron chi connectivity index (χ0n) is 10.7. The summed E-state index contributed by atoms with van der Waals surface area (Å²) < 4.78 is 1.98. The maximum atomic E-state index is 12.4. The van der Waals surface area contributed by atoms with Crippen LogP contribution in [0.4, 0.5) is 5.69 Å². The SMILES string of the molecule is CNc1ccc(C(=O)N2CCn3cnnc3C2)cc1. The maximum Gasteiger partial charge on any atom is 0.254 e. The summed E-state index contributed by atoms with van der Waals surface area (Å²) in [5, 5.41) is 10.9. The van der Waals surface area contributed by atoms with Crippen molar-refractivity contribution in [2.24, 2.45) is 0 Å². The molecule has 1 aliphatic rings. The molecular formula is C13H15N5O. The molecule has 0 fully saturated rings. The molecule has 0 bridgehead atoms. The van der Waals surface area contributed by atoms with Gasteiger partial charge in [-0.05, 0) is 24.3 Å². The average molecular weight is 257 g/mol. The van der Waals surface area contributed by atoms with Crippen LogP contribution >= 0.6 is 0 Å². The van der Waals surface area contributed by atoms with Crippen LogP contribution < -0.4 is 5.32 Å². The van der Waals surface area contributed by atoms with Gasteiger partial charge in [-0.2, -0.15) is 0 Å². The Labute approximate surface area is 111 Å². The number of nitrogens with zero attached hydrogens (tertiary/aromatic N) is 4. The highest BCUT2D eigenvalue weighted by Crippen LogP contribution is 2.15. The molecule has 0 atom stereocenters. The van der Waals surface area contributed by atoms with Crippen LogP contribution in [0, 0.1) is 0 Å². The monoisotopic (exact) mass is 257 g/mol. The molecule has 3 rings (SSSR count). The third-order valence-electron chi connectivity index (χ3n) is 3.35. The van der Waals surface area contributed by atoms with Crippen LogP contribution in [0.25, 0.3) is 0 Å². The molecule has 6 heteroatoms. The van der Waals surface area contributed by atoms with Crippen LogP contribution in [0.2, 0.25) is 0 Å². The van der Waals surface area contributed by atoms with Gasteiger partial charge in [-0.1, -0.05) is 0 Å². The summed E-state index contributed by atoms with van der Waals surface area (Å²) >= 11 is 0. The molecule has 0 saturated carbocycles. The van der Waals surface area contributed by atoms with Gasteiger partial charge in [0.15, 0.2) is 5.82 Å². The Kier molecular flexibility index (Phi) is 2.91. The Morgan fingerprint density at radius 1 is 1.26 bits per heavy atom. The van der Waals surface area contributed by atoms with Gasteiger partial charge in [0.25, 0.3) is 5.91 Å². The number of rotatable bonds is 2. The summed E-state index contributed by atoms with van der Waals surface area (Å²) in [6, 6.07) is 7.49. The highest BCUT2D eigenvalue weighted by molar-refractivity contribution is 5.94. The van der Waals surface area contributed by atoms with Crippen LogP contribution in [0.15, 0.2) is 30.6 Å². The number of carbonyl (C=O) groups excluding carboxylic acids is 1. The van der Waals surface area contributed by atoms with E-state index >= 15 is 0 Å². The van der Waals surface area contributed by atoms with Crippen LogP contribution in [0.5, 0.6) is 0 Å². The lowest BCUT2D eigenvalue weighted by atomic mass is 10.1. The fraction of sp³-hybridized carbons (Fsp3) is 0.308. The van der Waals surface area contributed by atoms with Crippen molar-refractivity contribution in [3.05, 3.63) is 42.0 Å². The fourth-order valence-corrected chi connectivity index (χ4v) is 2.20. The van der Waals surface area contributed by atoms with Crippen LogP contribution in [0.1, 0.15) is 16.2 Å². The summed E-state index contributed by atoms with van der Waals surface area (Å²) in [4.78, 5) is 14.2. The van der Waals surface area contributed by atoms with Gasteiger partial charge < -0.3 is 14.8 Å². The van der Waals surface area contributed by atoms with Crippen molar-refractivity contribution < 1.29 is 4.79 Å². The summed E-state index contributed by atoms with van der Waals surface area (Å²) in [5.74, 6) is 0.878. The van der Waals surface area contributed by atoms with E-state index < -0.39 is 0 Å². The molecule has 2 heterocycles. The van der Waals surface area contributed by atoms with Crippen molar-refractivity contribution in [2.75, 3.05) is 18.9 Å². The lowest BCUT2D eigenvalue weighted by molar-refractivity contribution is 0.0707. The van der Waals surface area contributed by atoms with Crippen molar-refractivity contribution in [3.8, 4) is 0 Å². The number of anilines is 1. The molecule has 98 valence electrons. The molecule has 19 heavy (non-hydrogen) atoms. The highest BCUT2D eigenvalue weighted by Gasteiger charge is 2.22. The zero-order chi connectivity index (χ0) is 13.2. The summed E-state index contributed by atoms with van der Waals surface area (Å²) in [6.07, 6.45) is 1.71. The van der Waals surface area contributed by atoms with E-state index in [1.54, 1.807) is 11.2 Å². The first-order chi connectivity index (χ1) is 9.28. The van der Waals surface area contributed by atoms with E-state index in [1.165, 1.54) is 0 Å². The number of benzene rings is 1. The largest absolute Gasteiger partial charge is 0.388 e. The van der Waals surface area contributed by atoms with E-state index in [9.17, 15) is 4.79 Å². The van der Waals surface area contributed by atoms with Crippen LogP contribution in [-0.4, -0.2) is 39.2 Å². The molecule has 0 unspecified atom stereocenters. The first-order valence-electron chi connectivity index (χ1n) is 6.21. The van der Waals surface area contributed by atoms with Gasteiger partial charge in [-0.3, -0.25) is 4.79 Å². The predicted octanol–water partition coefficient (Wildman–Crippen LogP) is 0.976. The van der Waals surface area contributed by atoms with E-state index in [0.29, 0.717) is 18.7 Å². The van der Waals surface area contributed by atoms with Gasteiger partial charge in [0, 0.05) is 31.4 Å². The third kappa shape index (κ3) is 2.16. The fourth-order valence-electron chi connectivity index (χ4n) is 2.20. The summed E-state index contributed by atoms with van der Waals surface area (Å²) in [6.45, 7) is 1.97. The van der Waals surface area contributed by atoms with Gasteiger partial charge in [0.05, 0.1) is 6.54 Å². The van der Waals surface area contributed by atoms with Crippen molar-refractivity contribution in [1.82, 2.24) is 19.7 Å². The molecular weight excluding hydrogens is 242 g/mol. The van der Waals surface area contributed by atoms with E-state index in [0.717, 1.165) is 18.1 Å². The molecule has 0 aliphatic carbocycles. The normalized spacial score (nSPS) is 14.1. The number of hydrogen-bond donors (Lipinski definition) is 1. The van der Waals surface area contributed by atoms with Crippen molar-refractivity contribution in [2.45, 2.75) is 13.1 Å². The molecule has 6 nitrogen and oxygen atoms in total. The Balaban J connectivity index is 1.77. The number of aromatic nitrogens is 3. The van der Waals surface area contributed by atoms with Gasteiger partial charge >= 0.3 is 0 Å².